The minimum atomic E-state index is -0.251. The summed E-state index contributed by atoms with van der Waals surface area (Å²) in [6.45, 7) is 6.16. The molecule has 3 N–H and O–H groups in total. The number of furan rings is 2. The number of nitrogens with two attached hydrogens (primary N) is 1. The molecule has 0 saturated heterocycles. The number of halogens is 1. The highest BCUT2D eigenvalue weighted by Crippen LogP contribution is 2.42. The molecule has 2 bridgehead atoms. The summed E-state index contributed by atoms with van der Waals surface area (Å²) in [7, 11) is 0. The van der Waals surface area contributed by atoms with Gasteiger partial charge in [0.25, 0.3) is 5.91 Å². The standard InChI is InChI=1S/C30H24FN3O2/c1-15-4-9-26(31)22(10-15)18-5-7-20-23(12-18)28-21-8-6-19(13-24(21)29(20)36-28)30(35)33-14-25-16(2)11-27(32)34-17(25)3/h4-13H,14H2,1-3H3,(H2,32,34)(H,33,35). The van der Waals surface area contributed by atoms with Crippen LogP contribution < -0.4 is 11.1 Å². The predicted octanol–water partition coefficient (Wildman–Crippen LogP) is 6.82. The van der Waals surface area contributed by atoms with E-state index in [1.165, 1.54) is 6.07 Å². The largest absolute Gasteiger partial charge is 0.455 e. The maximum atomic E-state index is 14.5. The van der Waals surface area contributed by atoms with Gasteiger partial charge in [-0.25, -0.2) is 9.37 Å². The lowest BCUT2D eigenvalue weighted by molar-refractivity contribution is 0.0951. The number of aromatic nitrogens is 1. The smallest absolute Gasteiger partial charge is 0.251 e. The molecule has 3 heterocycles. The summed E-state index contributed by atoms with van der Waals surface area (Å²) in [4.78, 5) is 17.3. The minimum absolute atomic E-state index is 0.174. The lowest BCUT2D eigenvalue weighted by Crippen LogP contribution is -2.24. The summed E-state index contributed by atoms with van der Waals surface area (Å²) in [6.07, 6.45) is 0. The van der Waals surface area contributed by atoms with Crippen molar-refractivity contribution in [1.82, 2.24) is 10.3 Å². The van der Waals surface area contributed by atoms with Crippen LogP contribution in [0.3, 0.4) is 0 Å². The van der Waals surface area contributed by atoms with Crippen molar-refractivity contribution in [2.24, 2.45) is 0 Å². The van der Waals surface area contributed by atoms with Gasteiger partial charge in [-0.15, -0.1) is 0 Å². The summed E-state index contributed by atoms with van der Waals surface area (Å²) in [6, 6.07) is 18.4. The second-order valence-electron chi connectivity index (χ2n) is 9.37. The van der Waals surface area contributed by atoms with Crippen molar-refractivity contribution in [1.29, 1.82) is 0 Å². The number of rotatable bonds is 4. The van der Waals surface area contributed by atoms with E-state index in [9.17, 15) is 9.18 Å². The SMILES string of the molecule is Cc1ccc(F)c(-c2ccc3c(c2)c2oc3c3cc(C(=O)NCc4c(C)cc(N)nc4C)ccc32)c1. The number of nitrogens with one attached hydrogen (secondary N) is 1. The number of carbonyl (C=O) groups excluding carboxylic acids is 1. The first-order valence-electron chi connectivity index (χ1n) is 11.8. The average Bonchev–Trinajstić information content (AvgIpc) is 3.41. The van der Waals surface area contributed by atoms with Crippen molar-refractivity contribution in [3.8, 4) is 11.1 Å². The van der Waals surface area contributed by atoms with E-state index in [1.54, 1.807) is 12.1 Å². The van der Waals surface area contributed by atoms with Crippen molar-refractivity contribution in [3.05, 3.63) is 94.4 Å². The minimum Gasteiger partial charge on any atom is -0.455 e. The number of anilines is 1. The molecule has 3 aromatic heterocycles. The number of aryl methyl sites for hydroxylation is 3. The zero-order chi connectivity index (χ0) is 25.1. The predicted molar refractivity (Wildman–Crippen MR) is 142 cm³/mol. The van der Waals surface area contributed by atoms with E-state index < -0.39 is 0 Å². The van der Waals surface area contributed by atoms with Crippen LogP contribution in [-0.2, 0) is 6.54 Å². The van der Waals surface area contributed by atoms with Crippen LogP contribution in [0.5, 0.6) is 0 Å². The molecule has 6 heteroatoms. The van der Waals surface area contributed by atoms with Gasteiger partial charge in [0.15, 0.2) is 0 Å². The van der Waals surface area contributed by atoms with Gasteiger partial charge in [0.2, 0.25) is 0 Å². The Hall–Kier alpha value is -4.45. The molecule has 0 saturated carbocycles. The summed E-state index contributed by atoms with van der Waals surface area (Å²) in [5, 5.41) is 6.71. The number of hydrogen-bond donors (Lipinski definition) is 2. The van der Waals surface area contributed by atoms with Crippen molar-refractivity contribution in [3.63, 3.8) is 0 Å². The van der Waals surface area contributed by atoms with Gasteiger partial charge in [0.1, 0.15) is 22.8 Å². The molecule has 0 radical (unpaired) electrons. The van der Waals surface area contributed by atoms with E-state index in [-0.39, 0.29) is 11.7 Å². The van der Waals surface area contributed by atoms with Crippen LogP contribution in [0.25, 0.3) is 43.8 Å². The molecule has 5 nitrogen and oxygen atoms in total. The van der Waals surface area contributed by atoms with Gasteiger partial charge in [0, 0.05) is 44.9 Å². The van der Waals surface area contributed by atoms with E-state index >= 15 is 0 Å². The van der Waals surface area contributed by atoms with Crippen LogP contribution >= 0.6 is 0 Å². The van der Waals surface area contributed by atoms with Gasteiger partial charge < -0.3 is 15.5 Å². The van der Waals surface area contributed by atoms with E-state index in [0.717, 1.165) is 60.7 Å². The molecule has 0 unspecified atom stereocenters. The van der Waals surface area contributed by atoms with Gasteiger partial charge in [-0.2, -0.15) is 0 Å². The maximum Gasteiger partial charge on any atom is 0.251 e. The fourth-order valence-corrected chi connectivity index (χ4v) is 5.07. The molecule has 0 spiro atoms. The topological polar surface area (TPSA) is 81.2 Å². The third kappa shape index (κ3) is 3.45. The molecule has 0 aliphatic rings. The van der Waals surface area contributed by atoms with Crippen LogP contribution in [-0.4, -0.2) is 10.9 Å². The second-order valence-corrected chi connectivity index (χ2v) is 9.37. The Morgan fingerprint density at radius 1 is 0.917 bits per heavy atom. The lowest BCUT2D eigenvalue weighted by atomic mass is 9.96. The van der Waals surface area contributed by atoms with Crippen molar-refractivity contribution >= 4 is 44.4 Å². The quantitative estimate of drug-likeness (QED) is 0.273. The first kappa shape index (κ1) is 22.0. The summed E-state index contributed by atoms with van der Waals surface area (Å²) in [5.41, 5.74) is 13.0. The fraction of sp³-hybridized carbons (Fsp3) is 0.133. The number of nitrogen functional groups attached to an aromatic ring is 1. The summed E-state index contributed by atoms with van der Waals surface area (Å²) in [5.74, 6) is 0.0467. The molecule has 3 aromatic carbocycles. The van der Waals surface area contributed by atoms with Crippen molar-refractivity contribution < 1.29 is 13.6 Å². The van der Waals surface area contributed by atoms with Gasteiger partial charge in [-0.1, -0.05) is 17.7 Å². The zero-order valence-electron chi connectivity index (χ0n) is 20.2. The summed E-state index contributed by atoms with van der Waals surface area (Å²) < 4.78 is 20.6. The van der Waals surface area contributed by atoms with Crippen LogP contribution in [0.1, 0.15) is 32.7 Å². The third-order valence-corrected chi connectivity index (χ3v) is 6.92. The number of carbonyl (C=O) groups is 1. The first-order chi connectivity index (χ1) is 17.3. The zero-order valence-corrected chi connectivity index (χ0v) is 20.2. The molecule has 178 valence electrons. The number of amides is 1. The number of nitrogens with zero attached hydrogens (tertiary/aromatic N) is 1. The highest BCUT2D eigenvalue weighted by molar-refractivity contribution is 6.26. The molecular formula is C30H24FN3O2. The van der Waals surface area contributed by atoms with E-state index in [1.807, 2.05) is 63.2 Å². The Kier molecular flexibility index (Phi) is 4.93. The first-order valence-corrected chi connectivity index (χ1v) is 11.8. The Bertz CT molecular complexity index is 1800. The van der Waals surface area contributed by atoms with E-state index in [0.29, 0.717) is 23.5 Å². The Morgan fingerprint density at radius 3 is 2.39 bits per heavy atom. The van der Waals surface area contributed by atoms with Crippen LogP contribution in [0.4, 0.5) is 10.2 Å². The normalized spacial score (nSPS) is 11.7. The number of fused-ring (bicyclic) bond motifs is 8. The molecule has 1 amide bonds. The lowest BCUT2D eigenvalue weighted by Gasteiger charge is -2.11. The molecule has 0 fully saturated rings. The van der Waals surface area contributed by atoms with E-state index in [4.69, 9.17) is 10.2 Å². The number of pyridine rings is 1. The monoisotopic (exact) mass is 477 g/mol. The van der Waals surface area contributed by atoms with E-state index in [2.05, 4.69) is 10.3 Å². The molecule has 0 atom stereocenters. The average molecular weight is 478 g/mol. The molecule has 0 aliphatic heterocycles. The molecule has 6 aromatic rings. The highest BCUT2D eigenvalue weighted by Gasteiger charge is 2.20. The molecular weight excluding hydrogens is 453 g/mol. The van der Waals surface area contributed by atoms with Crippen molar-refractivity contribution in [2.75, 3.05) is 5.73 Å². The molecule has 6 rings (SSSR count). The Labute approximate surface area is 207 Å². The van der Waals surface area contributed by atoms with Gasteiger partial charge in [-0.05, 0) is 86.0 Å². The highest BCUT2D eigenvalue weighted by atomic mass is 19.1. The van der Waals surface area contributed by atoms with Crippen LogP contribution in [0.2, 0.25) is 0 Å². The molecule has 0 aliphatic carbocycles. The van der Waals surface area contributed by atoms with Gasteiger partial charge >= 0.3 is 0 Å². The van der Waals surface area contributed by atoms with Crippen LogP contribution in [0.15, 0.2) is 65.1 Å². The van der Waals surface area contributed by atoms with Gasteiger partial charge in [0.05, 0.1) is 0 Å². The number of hydrogen-bond acceptors (Lipinski definition) is 4. The number of benzene rings is 4. The van der Waals surface area contributed by atoms with Crippen LogP contribution in [0, 0.1) is 26.6 Å². The Morgan fingerprint density at radius 2 is 1.64 bits per heavy atom. The van der Waals surface area contributed by atoms with Gasteiger partial charge in [-0.3, -0.25) is 4.79 Å². The second kappa shape index (κ2) is 8.05. The fourth-order valence-electron chi connectivity index (χ4n) is 5.07. The Balaban J connectivity index is 1.34. The summed E-state index contributed by atoms with van der Waals surface area (Å²) >= 11 is 0. The third-order valence-electron chi connectivity index (χ3n) is 6.92. The maximum absolute atomic E-state index is 14.5. The van der Waals surface area contributed by atoms with Crippen molar-refractivity contribution in [2.45, 2.75) is 27.3 Å². The molecule has 36 heavy (non-hydrogen) atoms.